The molecule has 11 nitrogen and oxygen atoms in total. The molecule has 1 amide bonds. The van der Waals surface area contributed by atoms with Crippen molar-refractivity contribution in [3.63, 3.8) is 0 Å². The third kappa shape index (κ3) is 4.25. The van der Waals surface area contributed by atoms with Crippen LogP contribution in [0.3, 0.4) is 0 Å². The van der Waals surface area contributed by atoms with Crippen molar-refractivity contribution in [3.05, 3.63) is 41.5 Å². The molecule has 3 heterocycles. The summed E-state index contributed by atoms with van der Waals surface area (Å²) in [6.45, 7) is 0.960. The van der Waals surface area contributed by atoms with Crippen LogP contribution in [-0.4, -0.2) is 58.1 Å². The summed E-state index contributed by atoms with van der Waals surface area (Å²) in [5, 5.41) is 9.31. The van der Waals surface area contributed by atoms with Crippen LogP contribution in [-0.2, 0) is 22.1 Å². The van der Waals surface area contributed by atoms with Crippen LogP contribution in [0.2, 0.25) is 0 Å². The van der Waals surface area contributed by atoms with Crippen molar-refractivity contribution in [2.45, 2.75) is 37.6 Å². The standard InChI is InChI=1S/C18H24N6O5S/c1-22-11-13(10-20-22)17(25)23-7-4-12(5-8-23)15-6-9-24(30(19,27)28)16(15)18(26)29-21-14-2-3-14/h6,9-12,14,21H,2-5,7-8H2,1H3,(H2,19,27,28). The van der Waals surface area contributed by atoms with E-state index in [4.69, 9.17) is 9.98 Å². The second-order valence-corrected chi connectivity index (χ2v) is 9.13. The van der Waals surface area contributed by atoms with Crippen molar-refractivity contribution < 1.29 is 22.8 Å². The molecule has 2 aromatic rings. The van der Waals surface area contributed by atoms with E-state index >= 15 is 0 Å². The zero-order chi connectivity index (χ0) is 21.5. The van der Waals surface area contributed by atoms with E-state index in [9.17, 15) is 18.0 Å². The van der Waals surface area contributed by atoms with Gasteiger partial charge in [-0.25, -0.2) is 13.9 Å². The first kappa shape index (κ1) is 20.6. The summed E-state index contributed by atoms with van der Waals surface area (Å²) in [5.41, 5.74) is 3.62. The van der Waals surface area contributed by atoms with E-state index in [0.29, 0.717) is 37.1 Å². The van der Waals surface area contributed by atoms with Gasteiger partial charge in [-0.3, -0.25) is 9.48 Å². The maximum atomic E-state index is 12.6. The molecule has 2 aromatic heterocycles. The lowest BCUT2D eigenvalue weighted by Gasteiger charge is -2.32. The Morgan fingerprint density at radius 3 is 2.50 bits per heavy atom. The van der Waals surface area contributed by atoms with E-state index in [1.165, 1.54) is 12.4 Å². The van der Waals surface area contributed by atoms with Crippen molar-refractivity contribution in [1.29, 1.82) is 0 Å². The largest absolute Gasteiger partial charge is 0.375 e. The van der Waals surface area contributed by atoms with Crippen LogP contribution < -0.4 is 10.6 Å². The Kier molecular flexibility index (Phi) is 5.38. The number of amides is 1. The van der Waals surface area contributed by atoms with Gasteiger partial charge in [0.05, 0.1) is 11.8 Å². The number of piperidine rings is 1. The first-order valence-corrected chi connectivity index (χ1v) is 11.2. The molecule has 4 rings (SSSR count). The van der Waals surface area contributed by atoms with Gasteiger partial charge in [0.25, 0.3) is 5.91 Å². The average molecular weight is 436 g/mol. The Morgan fingerprint density at radius 2 is 1.93 bits per heavy atom. The highest BCUT2D eigenvalue weighted by Crippen LogP contribution is 2.32. The molecule has 1 saturated carbocycles. The number of aryl methyl sites for hydroxylation is 1. The highest BCUT2D eigenvalue weighted by molar-refractivity contribution is 7.87. The second kappa shape index (κ2) is 7.85. The minimum atomic E-state index is -4.16. The Hall–Kier alpha value is -2.70. The first-order chi connectivity index (χ1) is 14.2. The number of hydroxylamine groups is 1. The van der Waals surface area contributed by atoms with Crippen molar-refractivity contribution in [3.8, 4) is 0 Å². The molecule has 1 aliphatic carbocycles. The highest BCUT2D eigenvalue weighted by atomic mass is 32.2. The van der Waals surface area contributed by atoms with Crippen LogP contribution in [0, 0.1) is 0 Å². The van der Waals surface area contributed by atoms with Gasteiger partial charge >= 0.3 is 16.2 Å². The molecule has 0 unspecified atom stereocenters. The Bertz CT molecular complexity index is 1060. The Labute approximate surface area is 173 Å². The predicted octanol–water partition coefficient (Wildman–Crippen LogP) is 0.117. The number of likely N-dealkylation sites (tertiary alicyclic amines) is 1. The molecule has 2 fully saturated rings. The molecule has 1 aliphatic heterocycles. The number of hydrogen-bond acceptors (Lipinski definition) is 7. The molecule has 30 heavy (non-hydrogen) atoms. The smallest absolute Gasteiger partial charge is 0.365 e. The van der Waals surface area contributed by atoms with Gasteiger partial charge in [0.1, 0.15) is 5.69 Å². The van der Waals surface area contributed by atoms with Gasteiger partial charge in [-0.05, 0) is 43.2 Å². The fourth-order valence-electron chi connectivity index (χ4n) is 3.67. The molecule has 1 saturated heterocycles. The zero-order valence-electron chi connectivity index (χ0n) is 16.5. The van der Waals surface area contributed by atoms with Crippen LogP contribution in [0.5, 0.6) is 0 Å². The van der Waals surface area contributed by atoms with Gasteiger partial charge in [0.2, 0.25) is 0 Å². The molecule has 0 spiro atoms. The van der Waals surface area contributed by atoms with Crippen molar-refractivity contribution in [1.82, 2.24) is 24.1 Å². The molecule has 3 N–H and O–H groups in total. The molecule has 12 heteroatoms. The lowest BCUT2D eigenvalue weighted by atomic mass is 9.89. The topological polar surface area (TPSA) is 142 Å². The quantitative estimate of drug-likeness (QED) is 0.613. The van der Waals surface area contributed by atoms with Crippen molar-refractivity contribution in [2.75, 3.05) is 13.1 Å². The minimum absolute atomic E-state index is 0.0947. The van der Waals surface area contributed by atoms with E-state index in [2.05, 4.69) is 10.6 Å². The van der Waals surface area contributed by atoms with E-state index in [1.54, 1.807) is 28.9 Å². The van der Waals surface area contributed by atoms with Crippen LogP contribution >= 0.6 is 0 Å². The highest BCUT2D eigenvalue weighted by Gasteiger charge is 2.33. The number of carbonyl (C=O) groups is 2. The van der Waals surface area contributed by atoms with Gasteiger partial charge < -0.3 is 9.74 Å². The molecule has 2 aliphatic rings. The van der Waals surface area contributed by atoms with Crippen molar-refractivity contribution in [2.24, 2.45) is 12.2 Å². The molecule has 0 radical (unpaired) electrons. The van der Waals surface area contributed by atoms with Crippen LogP contribution in [0.25, 0.3) is 0 Å². The van der Waals surface area contributed by atoms with Gasteiger partial charge in [-0.15, -0.1) is 5.48 Å². The number of carbonyl (C=O) groups excluding carboxylic acids is 2. The number of nitrogens with two attached hydrogens (primary N) is 1. The average Bonchev–Trinajstić information content (AvgIpc) is 3.25. The third-order valence-corrected chi connectivity index (χ3v) is 6.27. The third-order valence-electron chi connectivity index (χ3n) is 5.42. The summed E-state index contributed by atoms with van der Waals surface area (Å²) < 4.78 is 26.2. The summed E-state index contributed by atoms with van der Waals surface area (Å²) in [5.74, 6) is -0.990. The molecular formula is C18H24N6O5S. The molecule has 0 aromatic carbocycles. The summed E-state index contributed by atoms with van der Waals surface area (Å²) in [6, 6.07) is 1.69. The Balaban J connectivity index is 1.50. The van der Waals surface area contributed by atoms with Gasteiger partial charge in [-0.1, -0.05) is 0 Å². The Morgan fingerprint density at radius 1 is 1.23 bits per heavy atom. The van der Waals surface area contributed by atoms with Gasteiger partial charge in [0.15, 0.2) is 0 Å². The summed E-state index contributed by atoms with van der Waals surface area (Å²) >= 11 is 0. The summed E-state index contributed by atoms with van der Waals surface area (Å²) in [7, 11) is -2.42. The van der Waals surface area contributed by atoms with E-state index < -0.39 is 16.2 Å². The monoisotopic (exact) mass is 436 g/mol. The zero-order valence-corrected chi connectivity index (χ0v) is 17.3. The number of nitrogens with one attached hydrogen (secondary N) is 1. The number of hydrogen-bond donors (Lipinski definition) is 2. The van der Waals surface area contributed by atoms with Crippen LogP contribution in [0.1, 0.15) is 58.0 Å². The van der Waals surface area contributed by atoms with Gasteiger partial charge in [0, 0.05) is 38.6 Å². The summed E-state index contributed by atoms with van der Waals surface area (Å²) in [6.07, 6.45) is 7.43. The van der Waals surface area contributed by atoms with Gasteiger partial charge in [-0.2, -0.15) is 13.5 Å². The molecule has 0 bridgehead atoms. The number of rotatable bonds is 6. The maximum absolute atomic E-state index is 12.6. The van der Waals surface area contributed by atoms with E-state index in [1.807, 2.05) is 0 Å². The normalized spacial score (nSPS) is 17.9. The maximum Gasteiger partial charge on any atom is 0.375 e. The predicted molar refractivity (Wildman–Crippen MR) is 106 cm³/mol. The van der Waals surface area contributed by atoms with Crippen LogP contribution in [0.4, 0.5) is 0 Å². The van der Waals surface area contributed by atoms with Crippen LogP contribution in [0.15, 0.2) is 24.7 Å². The summed E-state index contributed by atoms with van der Waals surface area (Å²) in [4.78, 5) is 32.1. The molecular weight excluding hydrogens is 412 g/mol. The SMILES string of the molecule is Cn1cc(C(=O)N2CCC(c3ccn(S(N)(=O)=O)c3C(=O)ONC3CC3)CC2)cn1. The van der Waals surface area contributed by atoms with E-state index in [0.717, 1.165) is 16.8 Å². The van der Waals surface area contributed by atoms with E-state index in [-0.39, 0.29) is 23.6 Å². The van der Waals surface area contributed by atoms with Crippen molar-refractivity contribution >= 4 is 22.1 Å². The molecule has 162 valence electrons. The fraction of sp³-hybridized carbons (Fsp3) is 0.500. The fourth-order valence-corrected chi connectivity index (χ4v) is 4.34. The second-order valence-electron chi connectivity index (χ2n) is 7.71. The first-order valence-electron chi connectivity index (χ1n) is 9.73. The minimum Gasteiger partial charge on any atom is -0.365 e. The number of nitrogens with zero attached hydrogens (tertiary/aromatic N) is 4. The lowest BCUT2D eigenvalue weighted by molar-refractivity contribution is 0.0224. The number of aromatic nitrogens is 3. The molecule has 0 atom stereocenters. The lowest BCUT2D eigenvalue weighted by Crippen LogP contribution is -2.38.